The van der Waals surface area contributed by atoms with Crippen LogP contribution >= 0.6 is 27.5 Å². The van der Waals surface area contributed by atoms with Gasteiger partial charge in [-0.05, 0) is 24.4 Å². The van der Waals surface area contributed by atoms with Crippen molar-refractivity contribution in [3.63, 3.8) is 0 Å². The van der Waals surface area contributed by atoms with Crippen LogP contribution in [0, 0.1) is 0 Å². The highest BCUT2D eigenvalue weighted by molar-refractivity contribution is 9.09. The van der Waals surface area contributed by atoms with Crippen LogP contribution in [0.5, 0.6) is 0 Å². The van der Waals surface area contributed by atoms with Gasteiger partial charge in [0.25, 0.3) is 0 Å². The summed E-state index contributed by atoms with van der Waals surface area (Å²) in [5, 5.41) is 16.4. The van der Waals surface area contributed by atoms with E-state index in [1.54, 1.807) is 0 Å². The van der Waals surface area contributed by atoms with Gasteiger partial charge in [0.05, 0.1) is 0 Å². The molecule has 12 heavy (non-hydrogen) atoms. The number of halogens is 2. The van der Waals surface area contributed by atoms with Gasteiger partial charge in [-0.1, -0.05) is 15.9 Å². The summed E-state index contributed by atoms with van der Waals surface area (Å²) in [4.78, 5) is 9.95. The number of carbonyl (C=O) groups is 1. The molecule has 74 valence electrons. The van der Waals surface area contributed by atoms with Crippen LogP contribution in [0.1, 0.15) is 19.3 Å². The Bertz CT molecular complexity index is 98.7. The molecule has 2 N–H and O–H groups in total. The van der Waals surface area contributed by atoms with E-state index < -0.39 is 0 Å². The van der Waals surface area contributed by atoms with Crippen molar-refractivity contribution in [2.24, 2.45) is 0 Å². The Morgan fingerprint density at radius 2 is 1.75 bits per heavy atom. The predicted octanol–water partition coefficient (Wildman–Crippen LogP) is 1.29. The summed E-state index contributed by atoms with van der Waals surface area (Å²) in [7, 11) is 0. The van der Waals surface area contributed by atoms with Crippen molar-refractivity contribution in [3.8, 4) is 0 Å². The van der Waals surface area contributed by atoms with Crippen LogP contribution in [0.3, 0.4) is 0 Å². The van der Waals surface area contributed by atoms with Crippen molar-refractivity contribution in [2.75, 3.05) is 18.5 Å². The fraction of sp³-hybridized carbons (Fsp3) is 0.857. The summed E-state index contributed by atoms with van der Waals surface area (Å²) in [5.74, 6) is 0. The first-order valence-corrected chi connectivity index (χ1v) is 5.15. The normalized spacial score (nSPS) is 8.67. The molecule has 0 heterocycles. The van der Waals surface area contributed by atoms with Crippen LogP contribution in [0.15, 0.2) is 0 Å². The lowest BCUT2D eigenvalue weighted by Crippen LogP contribution is -1.85. The number of aliphatic hydroxyl groups is 2. The molecule has 0 saturated carbocycles. The number of carbonyl (C=O) groups excluding carboxylic acids is 1. The van der Waals surface area contributed by atoms with Crippen LogP contribution in [0.25, 0.3) is 0 Å². The highest BCUT2D eigenvalue weighted by atomic mass is 79.9. The molecule has 0 aliphatic carbocycles. The van der Waals surface area contributed by atoms with E-state index in [0.29, 0.717) is 12.8 Å². The van der Waals surface area contributed by atoms with Gasteiger partial charge in [-0.3, -0.25) is 4.79 Å². The van der Waals surface area contributed by atoms with E-state index >= 15 is 0 Å². The van der Waals surface area contributed by atoms with E-state index in [-0.39, 0.29) is 18.5 Å². The molecule has 0 saturated heterocycles. The minimum absolute atomic E-state index is 0.0938. The first-order valence-electron chi connectivity index (χ1n) is 3.65. The van der Waals surface area contributed by atoms with E-state index in [2.05, 4.69) is 15.9 Å². The first-order chi connectivity index (χ1) is 5.68. The fourth-order valence-corrected chi connectivity index (χ4v) is 0.691. The maximum Gasteiger partial charge on any atom is 0.221 e. The van der Waals surface area contributed by atoms with E-state index in [1.807, 2.05) is 0 Å². The van der Waals surface area contributed by atoms with E-state index in [9.17, 15) is 4.79 Å². The second-order valence-corrected chi connectivity index (χ2v) is 3.16. The lowest BCUT2D eigenvalue weighted by molar-refractivity contribution is -0.111. The predicted molar refractivity (Wildman–Crippen MR) is 52.7 cm³/mol. The van der Waals surface area contributed by atoms with Gasteiger partial charge < -0.3 is 10.2 Å². The number of hydrogen-bond donors (Lipinski definition) is 2. The Balaban J connectivity index is 0. The van der Waals surface area contributed by atoms with Gasteiger partial charge in [0.15, 0.2) is 0 Å². The summed E-state index contributed by atoms with van der Waals surface area (Å²) < 4.78 is 0. The van der Waals surface area contributed by atoms with Crippen LogP contribution in [0.2, 0.25) is 0 Å². The van der Waals surface area contributed by atoms with Crippen LogP contribution in [0.4, 0.5) is 0 Å². The average Bonchev–Trinajstić information content (AvgIpc) is 2.03. The average molecular weight is 262 g/mol. The molecule has 0 aliphatic rings. The smallest absolute Gasteiger partial charge is 0.221 e. The molecule has 0 radical (unpaired) electrons. The Labute approximate surface area is 85.9 Å². The molecule has 0 spiro atoms. The Morgan fingerprint density at radius 3 is 1.83 bits per heavy atom. The van der Waals surface area contributed by atoms with Gasteiger partial charge in [0.2, 0.25) is 5.24 Å². The lowest BCUT2D eigenvalue weighted by Gasteiger charge is -1.83. The Morgan fingerprint density at radius 1 is 1.25 bits per heavy atom. The van der Waals surface area contributed by atoms with Crippen molar-refractivity contribution in [1.29, 1.82) is 0 Å². The topological polar surface area (TPSA) is 57.5 Å². The van der Waals surface area contributed by atoms with Gasteiger partial charge in [-0.25, -0.2) is 0 Å². The third-order valence-corrected chi connectivity index (χ3v) is 1.57. The zero-order valence-electron chi connectivity index (χ0n) is 6.80. The third-order valence-electron chi connectivity index (χ3n) is 0.823. The largest absolute Gasteiger partial charge is 0.396 e. The van der Waals surface area contributed by atoms with Gasteiger partial charge in [0.1, 0.15) is 0 Å². The van der Waals surface area contributed by atoms with Crippen molar-refractivity contribution in [2.45, 2.75) is 19.3 Å². The maximum absolute atomic E-state index is 9.95. The molecule has 0 amide bonds. The van der Waals surface area contributed by atoms with Gasteiger partial charge in [-0.2, -0.15) is 0 Å². The second kappa shape index (κ2) is 13.9. The van der Waals surface area contributed by atoms with Crippen LogP contribution in [-0.2, 0) is 4.79 Å². The molecule has 0 unspecified atom stereocenters. The molecule has 0 aliphatic heterocycles. The van der Waals surface area contributed by atoms with Crippen molar-refractivity contribution < 1.29 is 15.0 Å². The Kier molecular flexibility index (Phi) is 17.2. The summed E-state index contributed by atoms with van der Waals surface area (Å²) in [5.41, 5.74) is 0. The molecule has 0 aromatic carbocycles. The van der Waals surface area contributed by atoms with Crippen molar-refractivity contribution >= 4 is 32.8 Å². The van der Waals surface area contributed by atoms with Crippen molar-refractivity contribution in [1.82, 2.24) is 0 Å². The van der Waals surface area contributed by atoms with Gasteiger partial charge >= 0.3 is 0 Å². The van der Waals surface area contributed by atoms with E-state index in [4.69, 9.17) is 21.8 Å². The fourth-order valence-electron chi connectivity index (χ4n) is 0.277. The molecule has 0 bridgehead atoms. The zero-order valence-corrected chi connectivity index (χ0v) is 9.14. The highest BCUT2D eigenvalue weighted by Crippen LogP contribution is 1.96. The van der Waals surface area contributed by atoms with E-state index in [0.717, 1.165) is 11.8 Å². The number of alkyl halides is 1. The summed E-state index contributed by atoms with van der Waals surface area (Å²) >= 11 is 8.16. The maximum atomic E-state index is 9.95. The molecule has 0 fully saturated rings. The molecular formula is C7H14BrClO3. The van der Waals surface area contributed by atoms with Gasteiger partial charge in [-0.15, -0.1) is 0 Å². The van der Waals surface area contributed by atoms with E-state index in [1.165, 1.54) is 0 Å². The molecule has 0 atom stereocenters. The molecule has 3 nitrogen and oxygen atoms in total. The minimum Gasteiger partial charge on any atom is -0.396 e. The SMILES string of the molecule is O=C(Cl)CCCBr.OCCCO. The van der Waals surface area contributed by atoms with Crippen LogP contribution < -0.4 is 0 Å². The lowest BCUT2D eigenvalue weighted by atomic mass is 10.4. The molecular weight excluding hydrogens is 247 g/mol. The second-order valence-electron chi connectivity index (χ2n) is 1.95. The standard InChI is InChI=1S/C4H6BrClO.C3H8O2/c5-3-1-2-4(6)7;4-2-1-3-5/h1-3H2;4-5H,1-3H2. The zero-order chi connectivity index (χ0) is 9.82. The third kappa shape index (κ3) is 22.4. The number of rotatable bonds is 5. The molecule has 5 heteroatoms. The highest BCUT2D eigenvalue weighted by Gasteiger charge is 1.91. The molecule has 0 aromatic rings. The summed E-state index contributed by atoms with van der Waals surface area (Å²) in [6.45, 7) is 0.188. The van der Waals surface area contributed by atoms with Gasteiger partial charge in [0, 0.05) is 25.0 Å². The quantitative estimate of drug-likeness (QED) is 0.579. The summed E-state index contributed by atoms with van der Waals surface area (Å²) in [6.07, 6.45) is 1.81. The van der Waals surface area contributed by atoms with Crippen molar-refractivity contribution in [3.05, 3.63) is 0 Å². The Hall–Kier alpha value is 0.360. The number of hydrogen-bond acceptors (Lipinski definition) is 3. The molecule has 0 rings (SSSR count). The summed E-state index contributed by atoms with van der Waals surface area (Å²) in [6, 6.07) is 0. The minimum atomic E-state index is -0.251. The molecule has 0 aromatic heterocycles. The first kappa shape index (κ1) is 14.9. The monoisotopic (exact) mass is 260 g/mol. The number of aliphatic hydroxyl groups excluding tert-OH is 2. The van der Waals surface area contributed by atoms with Crippen LogP contribution in [-0.4, -0.2) is 34.0 Å².